The molecule has 0 fully saturated rings. The van der Waals surface area contributed by atoms with Gasteiger partial charge in [-0.1, -0.05) is 24.3 Å². The molecule has 0 unspecified atom stereocenters. The van der Waals surface area contributed by atoms with Crippen LogP contribution in [-0.2, 0) is 24.3 Å². The number of amides is 1. The molecule has 4 heterocycles. The predicted molar refractivity (Wildman–Crippen MR) is 132 cm³/mol. The molecular formula is C28H28N4O3. The Hall–Kier alpha value is -4.00. The molecule has 0 aliphatic carbocycles. The minimum atomic E-state index is -0.263. The largest absolute Gasteiger partial charge is 0.483 e. The SMILES string of the molecule is Cc1cccc(-n2nc3c(c2-n2cccc2)CN(C(=O)COc2cccc4c2OC(C)(C)C4)C3)c1. The molecule has 6 rings (SSSR count). The number of aromatic nitrogens is 3. The fourth-order valence-corrected chi connectivity index (χ4v) is 4.99. The first-order valence-electron chi connectivity index (χ1n) is 11.9. The third-order valence-corrected chi connectivity index (χ3v) is 6.58. The average Bonchev–Trinajstić information content (AvgIpc) is 3.58. The maximum absolute atomic E-state index is 13.1. The third-order valence-electron chi connectivity index (χ3n) is 6.58. The molecule has 0 spiro atoms. The molecule has 0 saturated carbocycles. The Labute approximate surface area is 204 Å². The minimum absolute atomic E-state index is 0.0404. The van der Waals surface area contributed by atoms with Gasteiger partial charge in [0.2, 0.25) is 0 Å². The highest BCUT2D eigenvalue weighted by molar-refractivity contribution is 5.79. The predicted octanol–water partition coefficient (Wildman–Crippen LogP) is 4.61. The van der Waals surface area contributed by atoms with Crippen LogP contribution in [0.3, 0.4) is 0 Å². The van der Waals surface area contributed by atoms with E-state index in [1.54, 1.807) is 4.90 Å². The number of fused-ring (bicyclic) bond motifs is 2. The first-order valence-corrected chi connectivity index (χ1v) is 11.9. The van der Waals surface area contributed by atoms with Crippen molar-refractivity contribution in [2.24, 2.45) is 0 Å². The number of hydrogen-bond donors (Lipinski definition) is 0. The van der Waals surface area contributed by atoms with Gasteiger partial charge in [0.1, 0.15) is 11.4 Å². The number of hydrogen-bond acceptors (Lipinski definition) is 4. The number of ether oxygens (including phenoxy) is 2. The van der Waals surface area contributed by atoms with E-state index >= 15 is 0 Å². The molecule has 0 saturated heterocycles. The molecule has 2 aliphatic rings. The van der Waals surface area contributed by atoms with Crippen LogP contribution >= 0.6 is 0 Å². The summed E-state index contributed by atoms with van der Waals surface area (Å²) in [6.45, 7) is 7.10. The lowest BCUT2D eigenvalue weighted by atomic mass is 10.0. The molecule has 0 bridgehead atoms. The Morgan fingerprint density at radius 1 is 1.09 bits per heavy atom. The summed E-state index contributed by atoms with van der Waals surface area (Å²) in [4.78, 5) is 14.9. The van der Waals surface area contributed by atoms with Gasteiger partial charge in [-0.3, -0.25) is 4.79 Å². The molecule has 1 amide bonds. The topological polar surface area (TPSA) is 61.5 Å². The lowest BCUT2D eigenvalue weighted by Crippen LogP contribution is -2.31. The van der Waals surface area contributed by atoms with Crippen LogP contribution in [0.2, 0.25) is 0 Å². The van der Waals surface area contributed by atoms with E-state index in [0.29, 0.717) is 18.8 Å². The number of carbonyl (C=O) groups excluding carboxylic acids is 1. The Bertz CT molecular complexity index is 1420. The Morgan fingerprint density at radius 3 is 2.69 bits per heavy atom. The summed E-state index contributed by atoms with van der Waals surface area (Å²) in [5, 5.41) is 4.91. The van der Waals surface area contributed by atoms with Crippen molar-refractivity contribution in [2.75, 3.05) is 6.61 Å². The van der Waals surface area contributed by atoms with E-state index in [4.69, 9.17) is 14.6 Å². The summed E-state index contributed by atoms with van der Waals surface area (Å²) in [7, 11) is 0. The smallest absolute Gasteiger partial charge is 0.261 e. The maximum Gasteiger partial charge on any atom is 0.261 e. The molecule has 2 aliphatic heterocycles. The van der Waals surface area contributed by atoms with Gasteiger partial charge >= 0.3 is 0 Å². The minimum Gasteiger partial charge on any atom is -0.483 e. The highest BCUT2D eigenvalue weighted by Crippen LogP contribution is 2.41. The van der Waals surface area contributed by atoms with Gasteiger partial charge in [-0.2, -0.15) is 5.10 Å². The van der Waals surface area contributed by atoms with Crippen LogP contribution in [0.15, 0.2) is 67.0 Å². The summed E-state index contributed by atoms with van der Waals surface area (Å²) in [6.07, 6.45) is 4.84. The molecule has 7 heteroatoms. The highest BCUT2D eigenvalue weighted by Gasteiger charge is 2.34. The van der Waals surface area contributed by atoms with Crippen LogP contribution in [0.5, 0.6) is 11.5 Å². The zero-order valence-corrected chi connectivity index (χ0v) is 20.2. The van der Waals surface area contributed by atoms with Crippen LogP contribution in [0.4, 0.5) is 0 Å². The standard InChI is InChI=1S/C28H28N4O3/c1-19-8-6-10-21(14-19)32-27(30-12-4-5-13-30)22-16-31(17-23(22)29-32)25(33)18-34-24-11-7-9-20-15-28(2,3)35-26(20)24/h4-14H,15-18H2,1-3H3. The number of aryl methyl sites for hydroxylation is 1. The summed E-state index contributed by atoms with van der Waals surface area (Å²) in [5.41, 5.74) is 5.00. The number of nitrogens with zero attached hydrogens (tertiary/aromatic N) is 4. The molecule has 178 valence electrons. The Morgan fingerprint density at radius 2 is 1.89 bits per heavy atom. The fourth-order valence-electron chi connectivity index (χ4n) is 4.99. The number of carbonyl (C=O) groups is 1. The maximum atomic E-state index is 13.1. The van der Waals surface area contributed by atoms with Crippen molar-refractivity contribution in [1.82, 2.24) is 19.2 Å². The number of rotatable bonds is 5. The van der Waals surface area contributed by atoms with Crippen molar-refractivity contribution in [3.8, 4) is 23.0 Å². The number of benzene rings is 2. The second-order valence-electron chi connectivity index (χ2n) is 9.91. The van der Waals surface area contributed by atoms with E-state index in [9.17, 15) is 4.79 Å². The van der Waals surface area contributed by atoms with Crippen molar-refractivity contribution in [3.05, 3.63) is 89.4 Å². The Kier molecular flexibility index (Phi) is 4.95. The van der Waals surface area contributed by atoms with Gasteiger partial charge < -0.3 is 18.9 Å². The van der Waals surface area contributed by atoms with Crippen LogP contribution in [0.25, 0.3) is 11.5 Å². The van der Waals surface area contributed by atoms with Crippen LogP contribution in [-0.4, -0.2) is 37.4 Å². The van der Waals surface area contributed by atoms with Gasteiger partial charge in [-0.25, -0.2) is 4.68 Å². The van der Waals surface area contributed by atoms with E-state index in [1.807, 2.05) is 53.5 Å². The lowest BCUT2D eigenvalue weighted by molar-refractivity contribution is -0.134. The molecule has 0 atom stereocenters. The van der Waals surface area contributed by atoms with Crippen molar-refractivity contribution < 1.29 is 14.3 Å². The summed E-state index contributed by atoms with van der Waals surface area (Å²) in [6, 6.07) is 18.1. The zero-order chi connectivity index (χ0) is 24.2. The monoisotopic (exact) mass is 468 g/mol. The van der Waals surface area contributed by atoms with Gasteiger partial charge in [-0.15, -0.1) is 0 Å². The zero-order valence-electron chi connectivity index (χ0n) is 20.2. The van der Waals surface area contributed by atoms with Crippen LogP contribution < -0.4 is 9.47 Å². The van der Waals surface area contributed by atoms with E-state index in [1.165, 1.54) is 5.56 Å². The third kappa shape index (κ3) is 3.87. The quantitative estimate of drug-likeness (QED) is 0.429. The first-order chi connectivity index (χ1) is 16.9. The van der Waals surface area contributed by atoms with Crippen molar-refractivity contribution in [2.45, 2.75) is 45.9 Å². The van der Waals surface area contributed by atoms with Gasteiger partial charge in [0, 0.05) is 29.9 Å². The highest BCUT2D eigenvalue weighted by atomic mass is 16.5. The molecule has 2 aromatic heterocycles. The van der Waals surface area contributed by atoms with Crippen molar-refractivity contribution in [1.29, 1.82) is 0 Å². The molecule has 35 heavy (non-hydrogen) atoms. The fraction of sp³-hybridized carbons (Fsp3) is 0.286. The summed E-state index contributed by atoms with van der Waals surface area (Å²) < 4.78 is 16.1. The van der Waals surface area contributed by atoms with Crippen molar-refractivity contribution >= 4 is 5.91 Å². The van der Waals surface area contributed by atoms with Crippen LogP contribution in [0, 0.1) is 6.92 Å². The Balaban J connectivity index is 1.23. The van der Waals surface area contributed by atoms with E-state index < -0.39 is 0 Å². The molecular weight excluding hydrogens is 440 g/mol. The van der Waals surface area contributed by atoms with Gasteiger partial charge in [0.15, 0.2) is 18.1 Å². The van der Waals surface area contributed by atoms with Gasteiger partial charge in [0.05, 0.1) is 24.5 Å². The summed E-state index contributed by atoms with van der Waals surface area (Å²) >= 11 is 0. The molecule has 0 N–H and O–H groups in total. The van der Waals surface area contributed by atoms with Crippen molar-refractivity contribution in [3.63, 3.8) is 0 Å². The number of para-hydroxylation sites is 1. The molecule has 4 aromatic rings. The average molecular weight is 469 g/mol. The van der Waals surface area contributed by atoms with Crippen LogP contribution in [0.1, 0.15) is 36.2 Å². The van der Waals surface area contributed by atoms with Gasteiger partial charge in [0.25, 0.3) is 5.91 Å². The lowest BCUT2D eigenvalue weighted by Gasteiger charge is -2.20. The van der Waals surface area contributed by atoms with E-state index in [-0.39, 0.29) is 18.1 Å². The molecule has 7 nitrogen and oxygen atoms in total. The summed E-state index contributed by atoms with van der Waals surface area (Å²) in [5.74, 6) is 2.26. The normalized spacial score (nSPS) is 15.6. The molecule has 0 radical (unpaired) electrons. The van der Waals surface area contributed by atoms with E-state index in [0.717, 1.165) is 40.5 Å². The van der Waals surface area contributed by atoms with E-state index in [2.05, 4.69) is 43.5 Å². The first kappa shape index (κ1) is 21.5. The molecule has 2 aromatic carbocycles. The second kappa shape index (κ2) is 8.05. The second-order valence-corrected chi connectivity index (χ2v) is 9.91. The van der Waals surface area contributed by atoms with Gasteiger partial charge in [-0.05, 0) is 56.7 Å².